The van der Waals surface area contributed by atoms with Crippen LogP contribution in [0.25, 0.3) is 0 Å². The molecule has 0 spiro atoms. The summed E-state index contributed by atoms with van der Waals surface area (Å²) in [5.74, 6) is 1.33. The van der Waals surface area contributed by atoms with Crippen LogP contribution in [0, 0.1) is 5.92 Å². The average Bonchev–Trinajstić information content (AvgIpc) is 2.72. The largest absolute Gasteiger partial charge is 0.486 e. The van der Waals surface area contributed by atoms with Crippen LogP contribution in [0.2, 0.25) is 0 Å². The first-order valence-electron chi connectivity index (χ1n) is 9.94. The van der Waals surface area contributed by atoms with E-state index in [9.17, 15) is 4.79 Å². The molecule has 2 aromatic carbocycles. The number of hydrogen-bond acceptors (Lipinski definition) is 3. The molecule has 0 N–H and O–H groups in total. The molecule has 27 heavy (non-hydrogen) atoms. The van der Waals surface area contributed by atoms with E-state index in [1.54, 1.807) is 0 Å². The first-order valence-corrected chi connectivity index (χ1v) is 9.94. The number of amides is 1. The molecule has 1 heterocycles. The van der Waals surface area contributed by atoms with Crippen LogP contribution >= 0.6 is 0 Å². The van der Waals surface area contributed by atoms with Gasteiger partial charge >= 0.3 is 6.09 Å². The fourth-order valence-corrected chi connectivity index (χ4v) is 4.24. The lowest BCUT2D eigenvalue weighted by molar-refractivity contribution is -0.0121. The number of carbonyl (C=O) groups excluding carboxylic acids is 1. The van der Waals surface area contributed by atoms with Crippen molar-refractivity contribution in [3.8, 4) is 5.75 Å². The second-order valence-electron chi connectivity index (χ2n) is 7.63. The maximum absolute atomic E-state index is 12.3. The fourth-order valence-electron chi connectivity index (χ4n) is 4.24. The lowest BCUT2D eigenvalue weighted by Crippen LogP contribution is -2.51. The highest BCUT2D eigenvalue weighted by Gasteiger charge is 2.38. The monoisotopic (exact) mass is 365 g/mol. The van der Waals surface area contributed by atoms with Crippen LogP contribution in [0.3, 0.4) is 0 Å². The number of carbonyl (C=O) groups is 1. The van der Waals surface area contributed by atoms with E-state index in [1.807, 2.05) is 47.4 Å². The SMILES string of the molecule is CC(Oc1ccc(CN2C(=O)OC[C@@H]3CCCC[C@@H]32)cc1)c1ccccc1. The van der Waals surface area contributed by atoms with Gasteiger partial charge in [-0.15, -0.1) is 0 Å². The van der Waals surface area contributed by atoms with E-state index < -0.39 is 0 Å². The number of hydrogen-bond donors (Lipinski definition) is 0. The van der Waals surface area contributed by atoms with Crippen molar-refractivity contribution in [2.75, 3.05) is 6.61 Å². The number of benzene rings is 2. The quantitative estimate of drug-likeness (QED) is 0.718. The Kier molecular flexibility index (Phi) is 5.33. The summed E-state index contributed by atoms with van der Waals surface area (Å²) in [6, 6.07) is 18.6. The standard InChI is InChI=1S/C23H27NO3/c1-17(19-7-3-2-4-8-19)27-21-13-11-18(12-14-21)15-24-22-10-6-5-9-20(22)16-26-23(24)25/h2-4,7-8,11-14,17,20,22H,5-6,9-10,15-16H2,1H3/t17?,20-,22-/m0/s1. The van der Waals surface area contributed by atoms with Gasteiger partial charge in [-0.05, 0) is 43.0 Å². The van der Waals surface area contributed by atoms with Crippen molar-refractivity contribution >= 4 is 6.09 Å². The molecule has 1 aliphatic heterocycles. The summed E-state index contributed by atoms with van der Waals surface area (Å²) in [6.07, 6.45) is 4.54. The minimum atomic E-state index is -0.170. The zero-order valence-electron chi connectivity index (χ0n) is 15.8. The highest BCUT2D eigenvalue weighted by atomic mass is 16.6. The molecule has 2 aromatic rings. The van der Waals surface area contributed by atoms with Gasteiger partial charge in [-0.2, -0.15) is 0 Å². The minimum absolute atomic E-state index is 0.00267. The van der Waals surface area contributed by atoms with Crippen LogP contribution in [-0.4, -0.2) is 23.6 Å². The van der Waals surface area contributed by atoms with Gasteiger partial charge in [0.15, 0.2) is 0 Å². The van der Waals surface area contributed by atoms with E-state index in [4.69, 9.17) is 9.47 Å². The molecule has 142 valence electrons. The van der Waals surface area contributed by atoms with E-state index in [1.165, 1.54) is 19.3 Å². The van der Waals surface area contributed by atoms with Crippen molar-refractivity contribution in [2.45, 2.75) is 51.3 Å². The van der Waals surface area contributed by atoms with Gasteiger partial charge in [0.2, 0.25) is 0 Å². The molecule has 4 heteroatoms. The summed E-state index contributed by atoms with van der Waals surface area (Å²) in [6.45, 7) is 3.24. The lowest BCUT2D eigenvalue weighted by Gasteiger charge is -2.43. The summed E-state index contributed by atoms with van der Waals surface area (Å²) in [5, 5.41) is 0. The number of nitrogens with zero attached hydrogens (tertiary/aromatic N) is 1. The minimum Gasteiger partial charge on any atom is -0.486 e. The Balaban J connectivity index is 1.40. The molecule has 1 unspecified atom stereocenters. The van der Waals surface area contributed by atoms with Crippen LogP contribution in [-0.2, 0) is 11.3 Å². The van der Waals surface area contributed by atoms with Crippen LogP contribution in [0.4, 0.5) is 4.79 Å². The Labute approximate surface area is 161 Å². The third-order valence-corrected chi connectivity index (χ3v) is 5.78. The average molecular weight is 365 g/mol. The van der Waals surface area contributed by atoms with Gasteiger partial charge in [-0.3, -0.25) is 0 Å². The summed E-state index contributed by atoms with van der Waals surface area (Å²) < 4.78 is 11.5. The van der Waals surface area contributed by atoms with E-state index in [0.29, 0.717) is 25.1 Å². The molecule has 4 rings (SSSR count). The summed E-state index contributed by atoms with van der Waals surface area (Å²) >= 11 is 0. The van der Waals surface area contributed by atoms with Crippen molar-refractivity contribution in [1.29, 1.82) is 0 Å². The van der Waals surface area contributed by atoms with Crippen molar-refractivity contribution in [3.05, 3.63) is 65.7 Å². The summed E-state index contributed by atoms with van der Waals surface area (Å²) in [4.78, 5) is 14.2. The zero-order chi connectivity index (χ0) is 18.6. The highest BCUT2D eigenvalue weighted by molar-refractivity contribution is 5.69. The molecule has 4 nitrogen and oxygen atoms in total. The van der Waals surface area contributed by atoms with Crippen molar-refractivity contribution in [1.82, 2.24) is 4.90 Å². The second-order valence-corrected chi connectivity index (χ2v) is 7.63. The first-order chi connectivity index (χ1) is 13.2. The smallest absolute Gasteiger partial charge is 0.410 e. The van der Waals surface area contributed by atoms with E-state index in [-0.39, 0.29) is 12.2 Å². The molecule has 2 fully saturated rings. The molecule has 1 aliphatic carbocycles. The number of fused-ring (bicyclic) bond motifs is 1. The third kappa shape index (κ3) is 4.10. The Hall–Kier alpha value is -2.49. The molecule has 3 atom stereocenters. The first kappa shape index (κ1) is 17.9. The van der Waals surface area contributed by atoms with Crippen LogP contribution < -0.4 is 4.74 Å². The predicted octanol–water partition coefficient (Wildman–Crippen LogP) is 5.34. The van der Waals surface area contributed by atoms with Gasteiger partial charge in [-0.1, -0.05) is 55.3 Å². The molecule has 1 amide bonds. The summed E-state index contributed by atoms with van der Waals surface area (Å²) in [5.41, 5.74) is 2.26. The Morgan fingerprint density at radius 2 is 1.81 bits per heavy atom. The topological polar surface area (TPSA) is 38.8 Å². The number of rotatable bonds is 5. The van der Waals surface area contributed by atoms with E-state index in [0.717, 1.165) is 23.3 Å². The fraction of sp³-hybridized carbons (Fsp3) is 0.435. The molecule has 0 aromatic heterocycles. The van der Waals surface area contributed by atoms with Crippen molar-refractivity contribution in [3.63, 3.8) is 0 Å². The van der Waals surface area contributed by atoms with Gasteiger partial charge in [0.05, 0.1) is 6.61 Å². The van der Waals surface area contributed by atoms with Crippen molar-refractivity contribution < 1.29 is 14.3 Å². The van der Waals surface area contributed by atoms with Gasteiger partial charge in [0.25, 0.3) is 0 Å². The second kappa shape index (κ2) is 8.03. The van der Waals surface area contributed by atoms with Crippen LogP contribution in [0.1, 0.15) is 49.8 Å². The van der Waals surface area contributed by atoms with Gasteiger partial charge in [-0.25, -0.2) is 4.79 Å². The van der Waals surface area contributed by atoms with Crippen molar-refractivity contribution in [2.24, 2.45) is 5.92 Å². The zero-order valence-corrected chi connectivity index (χ0v) is 15.8. The molecule has 1 saturated carbocycles. The maximum atomic E-state index is 12.3. The Bertz CT molecular complexity index is 759. The van der Waals surface area contributed by atoms with E-state index >= 15 is 0 Å². The number of ether oxygens (including phenoxy) is 2. The van der Waals surface area contributed by atoms with Gasteiger partial charge in [0, 0.05) is 18.5 Å². The summed E-state index contributed by atoms with van der Waals surface area (Å²) in [7, 11) is 0. The van der Waals surface area contributed by atoms with E-state index in [2.05, 4.69) is 19.1 Å². The molecule has 1 saturated heterocycles. The van der Waals surface area contributed by atoms with Crippen LogP contribution in [0.5, 0.6) is 5.75 Å². The molecule has 2 aliphatic rings. The Morgan fingerprint density at radius 1 is 1.07 bits per heavy atom. The predicted molar refractivity (Wildman–Crippen MR) is 105 cm³/mol. The van der Waals surface area contributed by atoms with Gasteiger partial charge in [0.1, 0.15) is 11.9 Å². The van der Waals surface area contributed by atoms with Crippen LogP contribution in [0.15, 0.2) is 54.6 Å². The highest BCUT2D eigenvalue weighted by Crippen LogP contribution is 2.33. The molecule has 0 bridgehead atoms. The molecular weight excluding hydrogens is 338 g/mol. The lowest BCUT2D eigenvalue weighted by atomic mass is 9.83. The maximum Gasteiger partial charge on any atom is 0.410 e. The molecular formula is C23H27NO3. The normalized spacial score (nSPS) is 23.3. The number of cyclic esters (lactones) is 1. The molecule has 0 radical (unpaired) electrons. The third-order valence-electron chi connectivity index (χ3n) is 5.78. The Morgan fingerprint density at radius 3 is 2.59 bits per heavy atom. The van der Waals surface area contributed by atoms with Gasteiger partial charge < -0.3 is 14.4 Å².